The molecule has 0 aliphatic carbocycles. The van der Waals surface area contributed by atoms with E-state index in [1.807, 2.05) is 47.2 Å². The summed E-state index contributed by atoms with van der Waals surface area (Å²) < 4.78 is 1.68. The minimum Gasteiger partial charge on any atom is -0.289 e. The molecular weight excluding hydrogens is 270 g/mol. The van der Waals surface area contributed by atoms with E-state index in [0.717, 1.165) is 16.8 Å². The van der Waals surface area contributed by atoms with Crippen LogP contribution in [0.3, 0.4) is 0 Å². The van der Waals surface area contributed by atoms with Crippen molar-refractivity contribution >= 4 is 23.2 Å². The fraction of sp³-hybridized carbons (Fsp3) is 0. The Hall–Kier alpha value is -2.53. The highest BCUT2D eigenvalue weighted by Crippen LogP contribution is 2.11. The van der Waals surface area contributed by atoms with Crippen molar-refractivity contribution in [2.45, 2.75) is 0 Å². The summed E-state index contributed by atoms with van der Waals surface area (Å²) in [5, 5.41) is 7.80. The van der Waals surface area contributed by atoms with Gasteiger partial charge in [0.25, 0.3) is 0 Å². The second-order valence-corrected chi connectivity index (χ2v) is 4.92. The summed E-state index contributed by atoms with van der Waals surface area (Å²) in [4.78, 5) is 15.7. The summed E-state index contributed by atoms with van der Waals surface area (Å²) >= 11 is 1.52. The number of thiophene rings is 1. The summed E-state index contributed by atoms with van der Waals surface area (Å²) in [6, 6.07) is 9.57. The number of hydrogen-bond acceptors (Lipinski definition) is 4. The molecule has 0 radical (unpaired) electrons. The van der Waals surface area contributed by atoms with Crippen LogP contribution >= 0.6 is 11.3 Å². The Morgan fingerprint density at radius 1 is 1.20 bits per heavy atom. The Morgan fingerprint density at radius 3 is 2.70 bits per heavy atom. The molecule has 0 unspecified atom stereocenters. The largest absolute Gasteiger partial charge is 0.289 e. The molecule has 4 nitrogen and oxygen atoms in total. The van der Waals surface area contributed by atoms with Crippen LogP contribution in [0.5, 0.6) is 0 Å². The van der Waals surface area contributed by atoms with E-state index in [4.69, 9.17) is 0 Å². The zero-order valence-corrected chi connectivity index (χ0v) is 11.3. The molecule has 3 aromatic rings. The number of rotatable bonds is 4. The maximum absolute atomic E-state index is 11.8. The number of carbonyl (C=O) groups excluding carboxylic acids is 1. The molecule has 2 heterocycles. The first-order valence-electron chi connectivity index (χ1n) is 6.02. The number of nitrogens with zero attached hydrogens (tertiary/aromatic N) is 3. The first kappa shape index (κ1) is 12.5. The van der Waals surface area contributed by atoms with Gasteiger partial charge in [0, 0.05) is 10.9 Å². The lowest BCUT2D eigenvalue weighted by atomic mass is 10.1. The fourth-order valence-corrected chi connectivity index (χ4v) is 2.40. The zero-order valence-electron chi connectivity index (χ0n) is 10.5. The Bertz CT molecular complexity index is 713. The molecular formula is C15H11N3OS. The van der Waals surface area contributed by atoms with Gasteiger partial charge in [0.2, 0.25) is 0 Å². The lowest BCUT2D eigenvalue weighted by molar-refractivity contribution is 0.104. The van der Waals surface area contributed by atoms with E-state index in [0.29, 0.717) is 0 Å². The molecule has 0 atom stereocenters. The molecule has 2 aromatic heterocycles. The predicted octanol–water partition coefficient (Wildman–Crippen LogP) is 3.22. The van der Waals surface area contributed by atoms with E-state index in [1.54, 1.807) is 17.1 Å². The summed E-state index contributed by atoms with van der Waals surface area (Å²) in [6.45, 7) is 0. The second kappa shape index (κ2) is 5.63. The van der Waals surface area contributed by atoms with Crippen LogP contribution < -0.4 is 0 Å². The van der Waals surface area contributed by atoms with E-state index in [-0.39, 0.29) is 5.78 Å². The third kappa shape index (κ3) is 2.73. The van der Waals surface area contributed by atoms with Gasteiger partial charge in [-0.05, 0) is 35.2 Å². The molecule has 0 saturated heterocycles. The van der Waals surface area contributed by atoms with Gasteiger partial charge < -0.3 is 0 Å². The van der Waals surface area contributed by atoms with Gasteiger partial charge in [-0.25, -0.2) is 9.67 Å². The Labute approximate surface area is 120 Å². The average molecular weight is 281 g/mol. The van der Waals surface area contributed by atoms with Crippen LogP contribution in [0.1, 0.15) is 15.9 Å². The molecule has 0 bridgehead atoms. The van der Waals surface area contributed by atoms with Gasteiger partial charge in [-0.15, -0.1) is 0 Å². The van der Waals surface area contributed by atoms with E-state index in [1.165, 1.54) is 17.7 Å². The summed E-state index contributed by atoms with van der Waals surface area (Å²) in [7, 11) is 0. The number of carbonyl (C=O) groups is 1. The predicted molar refractivity (Wildman–Crippen MR) is 79.0 cm³/mol. The van der Waals surface area contributed by atoms with Crippen molar-refractivity contribution in [2.75, 3.05) is 0 Å². The van der Waals surface area contributed by atoms with E-state index < -0.39 is 0 Å². The second-order valence-electron chi connectivity index (χ2n) is 4.14. The molecule has 5 heteroatoms. The van der Waals surface area contributed by atoms with Crippen molar-refractivity contribution < 1.29 is 4.79 Å². The molecule has 0 spiro atoms. The number of ketones is 1. The smallest absolute Gasteiger partial charge is 0.186 e. The molecule has 0 aliphatic heterocycles. The highest BCUT2D eigenvalue weighted by Gasteiger charge is 2.01. The van der Waals surface area contributed by atoms with Crippen LogP contribution in [-0.2, 0) is 0 Å². The first-order valence-corrected chi connectivity index (χ1v) is 6.97. The van der Waals surface area contributed by atoms with Crippen molar-refractivity contribution in [2.24, 2.45) is 0 Å². The highest BCUT2D eigenvalue weighted by molar-refractivity contribution is 7.08. The lowest BCUT2D eigenvalue weighted by Crippen LogP contribution is -1.93. The molecule has 0 N–H and O–H groups in total. The fourth-order valence-electron chi connectivity index (χ4n) is 1.75. The monoisotopic (exact) mass is 281 g/mol. The van der Waals surface area contributed by atoms with Gasteiger partial charge in [0.15, 0.2) is 5.78 Å². The van der Waals surface area contributed by atoms with Crippen molar-refractivity contribution in [1.82, 2.24) is 14.8 Å². The molecule has 1 aromatic carbocycles. The number of benzene rings is 1. The van der Waals surface area contributed by atoms with Gasteiger partial charge in [-0.3, -0.25) is 4.79 Å². The molecule has 98 valence electrons. The van der Waals surface area contributed by atoms with E-state index >= 15 is 0 Å². The maximum atomic E-state index is 11.8. The lowest BCUT2D eigenvalue weighted by Gasteiger charge is -2.00. The number of allylic oxidation sites excluding steroid dienone is 1. The minimum absolute atomic E-state index is 0.0200. The van der Waals surface area contributed by atoms with Gasteiger partial charge in [0.05, 0.1) is 5.69 Å². The Morgan fingerprint density at radius 2 is 2.05 bits per heavy atom. The first-order chi connectivity index (χ1) is 9.83. The summed E-state index contributed by atoms with van der Waals surface area (Å²) in [5.74, 6) is 0.0200. The Kier molecular flexibility index (Phi) is 3.52. The topological polar surface area (TPSA) is 47.8 Å². The Balaban J connectivity index is 1.74. The van der Waals surface area contributed by atoms with Crippen LogP contribution in [0.2, 0.25) is 0 Å². The van der Waals surface area contributed by atoms with E-state index in [9.17, 15) is 4.79 Å². The van der Waals surface area contributed by atoms with Crippen LogP contribution in [0.15, 0.2) is 59.8 Å². The van der Waals surface area contributed by atoms with Gasteiger partial charge in [-0.1, -0.05) is 18.2 Å². The molecule has 3 rings (SSSR count). The maximum Gasteiger partial charge on any atom is 0.186 e. The minimum atomic E-state index is 0.0200. The quantitative estimate of drug-likeness (QED) is 0.545. The molecule has 0 fully saturated rings. The van der Waals surface area contributed by atoms with E-state index in [2.05, 4.69) is 10.1 Å². The van der Waals surface area contributed by atoms with Gasteiger partial charge in [0.1, 0.15) is 12.7 Å². The average Bonchev–Trinajstić information content (AvgIpc) is 3.18. The number of aromatic nitrogens is 3. The van der Waals surface area contributed by atoms with Gasteiger partial charge in [-0.2, -0.15) is 16.4 Å². The molecule has 0 saturated carbocycles. The molecule has 0 amide bonds. The van der Waals surface area contributed by atoms with Gasteiger partial charge >= 0.3 is 0 Å². The summed E-state index contributed by atoms with van der Waals surface area (Å²) in [5.41, 5.74) is 2.63. The van der Waals surface area contributed by atoms with Crippen LogP contribution in [0, 0.1) is 0 Å². The third-order valence-electron chi connectivity index (χ3n) is 2.81. The van der Waals surface area contributed by atoms with Crippen LogP contribution in [0.25, 0.3) is 11.8 Å². The van der Waals surface area contributed by atoms with Crippen LogP contribution in [-0.4, -0.2) is 20.5 Å². The number of hydrogen-bond donors (Lipinski definition) is 0. The van der Waals surface area contributed by atoms with Crippen molar-refractivity contribution in [1.29, 1.82) is 0 Å². The normalized spacial score (nSPS) is 11.0. The molecule has 20 heavy (non-hydrogen) atoms. The standard InChI is InChI=1S/C15H11N3OS/c19-15(13-7-8-20-9-13)6-3-12-1-4-14(5-2-12)18-11-16-10-17-18/h1-11H/b6-3-. The van der Waals surface area contributed by atoms with Crippen molar-refractivity contribution in [3.8, 4) is 5.69 Å². The highest BCUT2D eigenvalue weighted by atomic mass is 32.1. The van der Waals surface area contributed by atoms with Crippen LogP contribution in [0.4, 0.5) is 0 Å². The third-order valence-corrected chi connectivity index (χ3v) is 3.49. The summed E-state index contributed by atoms with van der Waals surface area (Å²) in [6.07, 6.45) is 6.54. The zero-order chi connectivity index (χ0) is 13.8. The molecule has 0 aliphatic rings. The van der Waals surface area contributed by atoms with Crippen molar-refractivity contribution in [3.05, 3.63) is 70.9 Å². The van der Waals surface area contributed by atoms with Crippen molar-refractivity contribution in [3.63, 3.8) is 0 Å². The SMILES string of the molecule is O=C(/C=C\c1ccc(-n2cncn2)cc1)c1ccsc1.